The molecule has 0 aromatic rings. The summed E-state index contributed by atoms with van der Waals surface area (Å²) in [6.07, 6.45) is 8.44. The van der Waals surface area contributed by atoms with Gasteiger partial charge in [-0.15, -0.1) is 0 Å². The van der Waals surface area contributed by atoms with Crippen molar-refractivity contribution in [2.24, 2.45) is 5.92 Å². The van der Waals surface area contributed by atoms with E-state index in [0.29, 0.717) is 6.10 Å². The van der Waals surface area contributed by atoms with Crippen LogP contribution in [0.25, 0.3) is 0 Å². The van der Waals surface area contributed by atoms with Crippen LogP contribution < -0.4 is 5.32 Å². The van der Waals surface area contributed by atoms with Crippen LogP contribution in [0, 0.1) is 5.92 Å². The van der Waals surface area contributed by atoms with Gasteiger partial charge in [-0.25, -0.2) is 0 Å². The second kappa shape index (κ2) is 8.12. The molecule has 2 nitrogen and oxygen atoms in total. The smallest absolute Gasteiger partial charge is 0.0594 e. The molecule has 0 aromatic carbocycles. The molecule has 0 radical (unpaired) electrons. The van der Waals surface area contributed by atoms with Gasteiger partial charge in [0.1, 0.15) is 0 Å². The lowest BCUT2D eigenvalue weighted by molar-refractivity contribution is 0.0196. The van der Waals surface area contributed by atoms with Gasteiger partial charge in [0.25, 0.3) is 0 Å². The van der Waals surface area contributed by atoms with Gasteiger partial charge in [-0.3, -0.25) is 0 Å². The monoisotopic (exact) mass is 213 g/mol. The maximum Gasteiger partial charge on any atom is 0.0594 e. The maximum atomic E-state index is 5.86. The van der Waals surface area contributed by atoms with Gasteiger partial charge in [-0.05, 0) is 44.6 Å². The zero-order valence-corrected chi connectivity index (χ0v) is 10.4. The van der Waals surface area contributed by atoms with Gasteiger partial charge >= 0.3 is 0 Å². The van der Waals surface area contributed by atoms with E-state index in [9.17, 15) is 0 Å². The van der Waals surface area contributed by atoms with E-state index < -0.39 is 0 Å². The van der Waals surface area contributed by atoms with Crippen LogP contribution in [0.5, 0.6) is 0 Å². The van der Waals surface area contributed by atoms with Crippen molar-refractivity contribution in [1.82, 2.24) is 5.32 Å². The molecule has 0 saturated heterocycles. The number of ether oxygens (including phenoxy) is 1. The van der Waals surface area contributed by atoms with E-state index in [2.05, 4.69) is 19.2 Å². The summed E-state index contributed by atoms with van der Waals surface area (Å²) >= 11 is 0. The Morgan fingerprint density at radius 2 is 1.80 bits per heavy atom. The Hall–Kier alpha value is -0.0800. The Labute approximate surface area is 94.8 Å². The third-order valence-electron chi connectivity index (χ3n) is 3.43. The highest BCUT2D eigenvalue weighted by molar-refractivity contribution is 4.71. The van der Waals surface area contributed by atoms with Crippen molar-refractivity contribution < 1.29 is 4.74 Å². The zero-order chi connectivity index (χ0) is 10.9. The number of hydrogen-bond acceptors (Lipinski definition) is 2. The first kappa shape index (κ1) is 13.0. The van der Waals surface area contributed by atoms with Gasteiger partial charge in [0.2, 0.25) is 0 Å². The molecular formula is C13H27NO. The SMILES string of the molecule is CCCNCCOC1CCC(CC)CC1. The normalized spacial score (nSPS) is 26.8. The second-order valence-electron chi connectivity index (χ2n) is 4.67. The van der Waals surface area contributed by atoms with Crippen LogP contribution in [0.1, 0.15) is 52.4 Å². The molecule has 0 aliphatic heterocycles. The minimum Gasteiger partial charge on any atom is -0.377 e. The molecule has 15 heavy (non-hydrogen) atoms. The standard InChI is InChI=1S/C13H27NO/c1-3-9-14-10-11-15-13-7-5-12(4-2)6-8-13/h12-14H,3-11H2,1-2H3. The summed E-state index contributed by atoms with van der Waals surface area (Å²) in [6, 6.07) is 0. The van der Waals surface area contributed by atoms with Gasteiger partial charge < -0.3 is 10.1 Å². The Morgan fingerprint density at radius 1 is 1.07 bits per heavy atom. The molecule has 0 bridgehead atoms. The van der Waals surface area contributed by atoms with Gasteiger partial charge in [0.15, 0.2) is 0 Å². The number of hydrogen-bond donors (Lipinski definition) is 1. The molecule has 1 fully saturated rings. The van der Waals surface area contributed by atoms with Gasteiger partial charge in [-0.2, -0.15) is 0 Å². The maximum absolute atomic E-state index is 5.86. The van der Waals surface area contributed by atoms with Crippen molar-refractivity contribution in [3.63, 3.8) is 0 Å². The van der Waals surface area contributed by atoms with Crippen molar-refractivity contribution in [2.45, 2.75) is 58.5 Å². The molecule has 1 aliphatic carbocycles. The first-order chi connectivity index (χ1) is 7.36. The summed E-state index contributed by atoms with van der Waals surface area (Å²) in [7, 11) is 0. The average Bonchev–Trinajstić information content (AvgIpc) is 2.30. The molecule has 0 amide bonds. The first-order valence-corrected chi connectivity index (χ1v) is 6.69. The van der Waals surface area contributed by atoms with E-state index in [4.69, 9.17) is 4.74 Å². The quantitative estimate of drug-likeness (QED) is 0.656. The van der Waals surface area contributed by atoms with Crippen LogP contribution in [-0.4, -0.2) is 25.8 Å². The zero-order valence-electron chi connectivity index (χ0n) is 10.4. The van der Waals surface area contributed by atoms with E-state index in [0.717, 1.165) is 25.6 Å². The molecule has 0 aromatic heterocycles. The van der Waals surface area contributed by atoms with Gasteiger partial charge in [0.05, 0.1) is 12.7 Å². The average molecular weight is 213 g/mol. The van der Waals surface area contributed by atoms with Crippen molar-refractivity contribution >= 4 is 0 Å². The third kappa shape index (κ3) is 5.53. The largest absolute Gasteiger partial charge is 0.377 e. The summed E-state index contributed by atoms with van der Waals surface area (Å²) in [6.45, 7) is 7.52. The first-order valence-electron chi connectivity index (χ1n) is 6.69. The summed E-state index contributed by atoms with van der Waals surface area (Å²) in [5.74, 6) is 0.975. The Balaban J connectivity index is 1.94. The van der Waals surface area contributed by atoms with Crippen molar-refractivity contribution in [2.75, 3.05) is 19.7 Å². The minimum atomic E-state index is 0.552. The molecule has 1 aliphatic rings. The second-order valence-corrected chi connectivity index (χ2v) is 4.67. The highest BCUT2D eigenvalue weighted by Gasteiger charge is 2.19. The highest BCUT2D eigenvalue weighted by Crippen LogP contribution is 2.27. The Morgan fingerprint density at radius 3 is 2.40 bits per heavy atom. The molecule has 1 saturated carbocycles. The van der Waals surface area contributed by atoms with Crippen LogP contribution in [0.4, 0.5) is 0 Å². The molecule has 90 valence electrons. The lowest BCUT2D eigenvalue weighted by Gasteiger charge is -2.27. The lowest BCUT2D eigenvalue weighted by Crippen LogP contribution is -2.26. The summed E-state index contributed by atoms with van der Waals surface area (Å²) < 4.78 is 5.86. The molecule has 1 rings (SSSR count). The van der Waals surface area contributed by atoms with E-state index in [-0.39, 0.29) is 0 Å². The molecule has 0 unspecified atom stereocenters. The minimum absolute atomic E-state index is 0.552. The number of nitrogens with one attached hydrogen (secondary N) is 1. The summed E-state index contributed by atoms with van der Waals surface area (Å²) in [4.78, 5) is 0. The molecule has 1 N–H and O–H groups in total. The van der Waals surface area contributed by atoms with Crippen LogP contribution in [0.3, 0.4) is 0 Å². The number of rotatable bonds is 7. The fraction of sp³-hybridized carbons (Fsp3) is 1.00. The Bertz CT molecular complexity index is 141. The van der Waals surface area contributed by atoms with Crippen molar-refractivity contribution in [3.05, 3.63) is 0 Å². The predicted molar refractivity (Wildman–Crippen MR) is 65.1 cm³/mol. The fourth-order valence-electron chi connectivity index (χ4n) is 2.31. The fourth-order valence-corrected chi connectivity index (χ4v) is 2.31. The van der Waals surface area contributed by atoms with Gasteiger partial charge in [0, 0.05) is 6.54 Å². The van der Waals surface area contributed by atoms with E-state index in [1.54, 1.807) is 0 Å². The van der Waals surface area contributed by atoms with Crippen molar-refractivity contribution in [1.29, 1.82) is 0 Å². The van der Waals surface area contributed by atoms with Gasteiger partial charge in [-0.1, -0.05) is 20.3 Å². The van der Waals surface area contributed by atoms with E-state index in [1.165, 1.54) is 38.5 Å². The Kier molecular flexibility index (Phi) is 7.03. The van der Waals surface area contributed by atoms with Crippen LogP contribution in [-0.2, 0) is 4.74 Å². The van der Waals surface area contributed by atoms with E-state index in [1.807, 2.05) is 0 Å². The predicted octanol–water partition coefficient (Wildman–Crippen LogP) is 2.97. The highest BCUT2D eigenvalue weighted by atomic mass is 16.5. The molecular weight excluding hydrogens is 186 g/mol. The van der Waals surface area contributed by atoms with Crippen LogP contribution in [0.15, 0.2) is 0 Å². The van der Waals surface area contributed by atoms with E-state index >= 15 is 0 Å². The van der Waals surface area contributed by atoms with Crippen molar-refractivity contribution in [3.8, 4) is 0 Å². The topological polar surface area (TPSA) is 21.3 Å². The van der Waals surface area contributed by atoms with Crippen LogP contribution >= 0.6 is 0 Å². The van der Waals surface area contributed by atoms with Crippen LogP contribution in [0.2, 0.25) is 0 Å². The summed E-state index contributed by atoms with van der Waals surface area (Å²) in [5, 5.41) is 3.37. The molecule has 2 heteroatoms. The molecule has 0 heterocycles. The summed E-state index contributed by atoms with van der Waals surface area (Å²) in [5.41, 5.74) is 0. The molecule has 0 atom stereocenters. The lowest BCUT2D eigenvalue weighted by atomic mass is 9.86. The third-order valence-corrected chi connectivity index (χ3v) is 3.43. The molecule has 0 spiro atoms.